The van der Waals surface area contributed by atoms with E-state index in [0.717, 1.165) is 11.1 Å². The van der Waals surface area contributed by atoms with Crippen LogP contribution in [-0.4, -0.2) is 28.4 Å². The molecule has 2 heterocycles. The first-order valence-corrected chi connectivity index (χ1v) is 12.8. The molecule has 0 bridgehead atoms. The van der Waals surface area contributed by atoms with Crippen molar-refractivity contribution in [3.63, 3.8) is 0 Å². The maximum Gasteiger partial charge on any atom is 0.507 e. The molecule has 0 unspecified atom stereocenters. The average Bonchev–Trinajstić information content (AvgIpc) is 3.46. The van der Waals surface area contributed by atoms with Crippen molar-refractivity contribution < 1.29 is 28.6 Å². The summed E-state index contributed by atoms with van der Waals surface area (Å²) in [4.78, 5) is 31.3. The van der Waals surface area contributed by atoms with E-state index in [2.05, 4.69) is 4.98 Å². The SMILES string of the molecule is Cc1oc(-c2ccc(Cl)cc2)nc1COc1cccc(C(C)(C)C(=O)N2c3ccccc3C[C@H]2OC(=O)O)c1. The Balaban J connectivity index is 1.35. The lowest BCUT2D eigenvalue weighted by molar-refractivity contribution is -0.125. The first kappa shape index (κ1) is 26.3. The fourth-order valence-electron chi connectivity index (χ4n) is 4.63. The molecule has 0 saturated carbocycles. The third-order valence-corrected chi connectivity index (χ3v) is 7.09. The predicted molar refractivity (Wildman–Crippen MR) is 146 cm³/mol. The highest BCUT2D eigenvalue weighted by Gasteiger charge is 2.43. The van der Waals surface area contributed by atoms with Gasteiger partial charge in [-0.3, -0.25) is 9.69 Å². The molecule has 5 rings (SSSR count). The molecule has 1 N–H and O–H groups in total. The van der Waals surface area contributed by atoms with E-state index < -0.39 is 17.8 Å². The maximum atomic E-state index is 13.9. The van der Waals surface area contributed by atoms with E-state index >= 15 is 0 Å². The Morgan fingerprint density at radius 3 is 2.59 bits per heavy atom. The molecule has 3 aromatic carbocycles. The Bertz CT molecular complexity index is 1530. The second-order valence-corrected chi connectivity index (χ2v) is 10.3. The zero-order valence-electron chi connectivity index (χ0n) is 21.7. The van der Waals surface area contributed by atoms with Gasteiger partial charge in [-0.15, -0.1) is 0 Å². The fraction of sp³-hybridized carbons (Fsp3) is 0.233. The van der Waals surface area contributed by atoms with Crippen molar-refractivity contribution in [2.75, 3.05) is 4.90 Å². The number of amides is 1. The summed E-state index contributed by atoms with van der Waals surface area (Å²) in [7, 11) is 0. The first-order valence-electron chi connectivity index (χ1n) is 12.4. The minimum absolute atomic E-state index is 0.175. The van der Waals surface area contributed by atoms with E-state index in [4.69, 9.17) is 25.5 Å². The van der Waals surface area contributed by atoms with E-state index in [9.17, 15) is 14.7 Å². The van der Waals surface area contributed by atoms with E-state index in [1.807, 2.05) is 55.5 Å². The van der Waals surface area contributed by atoms with Crippen molar-refractivity contribution >= 4 is 29.4 Å². The van der Waals surface area contributed by atoms with Crippen molar-refractivity contribution in [2.24, 2.45) is 0 Å². The van der Waals surface area contributed by atoms with Crippen molar-refractivity contribution in [3.8, 4) is 17.2 Å². The van der Waals surface area contributed by atoms with Crippen molar-refractivity contribution in [3.05, 3.63) is 100 Å². The largest absolute Gasteiger partial charge is 0.507 e. The van der Waals surface area contributed by atoms with Crippen molar-refractivity contribution in [1.29, 1.82) is 0 Å². The number of para-hydroxylation sites is 1. The predicted octanol–water partition coefficient (Wildman–Crippen LogP) is 6.77. The summed E-state index contributed by atoms with van der Waals surface area (Å²) in [6.45, 7) is 5.60. The molecule has 39 heavy (non-hydrogen) atoms. The molecule has 1 aliphatic heterocycles. The molecule has 200 valence electrons. The number of aryl methyl sites for hydroxylation is 1. The third-order valence-electron chi connectivity index (χ3n) is 6.84. The Kier molecular flexibility index (Phi) is 7.06. The van der Waals surface area contributed by atoms with Crippen LogP contribution < -0.4 is 9.64 Å². The molecule has 0 fully saturated rings. The number of carbonyl (C=O) groups excluding carboxylic acids is 1. The second kappa shape index (κ2) is 10.5. The molecule has 0 spiro atoms. The van der Waals surface area contributed by atoms with Crippen LogP contribution in [0.4, 0.5) is 10.5 Å². The van der Waals surface area contributed by atoms with Gasteiger partial charge in [-0.05, 0) is 74.4 Å². The van der Waals surface area contributed by atoms with Gasteiger partial charge in [0.25, 0.3) is 0 Å². The quantitative estimate of drug-likeness (QED) is 0.255. The standard InChI is InChI=1S/C30H27ClN2O6/c1-18-24(32-27(38-18)19-11-13-22(31)14-12-19)17-37-23-9-6-8-21(16-23)30(2,3)28(34)33-25-10-5-4-7-20(25)15-26(33)39-29(35)36/h4-14,16,26H,15,17H2,1-3H3,(H,35,36)/t26-/m1/s1. The van der Waals surface area contributed by atoms with Crippen LogP contribution in [0.1, 0.15) is 36.4 Å². The summed E-state index contributed by atoms with van der Waals surface area (Å²) >= 11 is 5.98. The van der Waals surface area contributed by atoms with Gasteiger partial charge < -0.3 is 19.0 Å². The van der Waals surface area contributed by atoms with Crippen molar-refractivity contribution in [2.45, 2.75) is 45.4 Å². The number of fused-ring (bicyclic) bond motifs is 1. The maximum absolute atomic E-state index is 13.9. The van der Waals surface area contributed by atoms with Crippen LogP contribution in [0.5, 0.6) is 5.75 Å². The van der Waals surface area contributed by atoms with Crippen LogP contribution in [0, 0.1) is 6.92 Å². The molecule has 1 aliphatic rings. The monoisotopic (exact) mass is 546 g/mol. The van der Waals surface area contributed by atoms with Crippen LogP contribution in [0.3, 0.4) is 0 Å². The number of hydrogen-bond donors (Lipinski definition) is 1. The van der Waals surface area contributed by atoms with Crippen LogP contribution in [-0.2, 0) is 28.0 Å². The number of carbonyl (C=O) groups is 2. The van der Waals surface area contributed by atoms with E-state index in [1.165, 1.54) is 4.90 Å². The van der Waals surface area contributed by atoms with Gasteiger partial charge in [0.15, 0.2) is 6.23 Å². The molecular formula is C30H27ClN2O6. The minimum Gasteiger partial charge on any atom is -0.487 e. The van der Waals surface area contributed by atoms with E-state index in [-0.39, 0.29) is 12.5 Å². The fourth-order valence-corrected chi connectivity index (χ4v) is 4.76. The smallest absolute Gasteiger partial charge is 0.487 e. The molecule has 9 heteroatoms. The molecule has 1 aromatic heterocycles. The Morgan fingerprint density at radius 1 is 1.10 bits per heavy atom. The second-order valence-electron chi connectivity index (χ2n) is 9.82. The normalized spacial score (nSPS) is 14.7. The number of oxazole rings is 1. The van der Waals surface area contributed by atoms with Gasteiger partial charge in [0.05, 0.1) is 11.1 Å². The van der Waals surface area contributed by atoms with Gasteiger partial charge in [-0.2, -0.15) is 0 Å². The van der Waals surface area contributed by atoms with Crippen LogP contribution in [0.15, 0.2) is 77.2 Å². The first-order chi connectivity index (χ1) is 18.6. The molecule has 0 radical (unpaired) electrons. The lowest BCUT2D eigenvalue weighted by Gasteiger charge is -2.33. The zero-order valence-corrected chi connectivity index (χ0v) is 22.4. The molecule has 0 aliphatic carbocycles. The summed E-state index contributed by atoms with van der Waals surface area (Å²) < 4.78 is 17.0. The number of ether oxygens (including phenoxy) is 2. The van der Waals surface area contributed by atoms with Crippen LogP contribution in [0.25, 0.3) is 11.5 Å². The Hall–Kier alpha value is -4.30. The van der Waals surface area contributed by atoms with Crippen molar-refractivity contribution in [1.82, 2.24) is 4.98 Å². The zero-order chi connectivity index (χ0) is 27.7. The number of anilines is 1. The van der Waals surface area contributed by atoms with Gasteiger partial charge in [0, 0.05) is 17.0 Å². The van der Waals surface area contributed by atoms with Gasteiger partial charge in [-0.25, -0.2) is 9.78 Å². The van der Waals surface area contributed by atoms with Gasteiger partial charge >= 0.3 is 6.16 Å². The highest BCUT2D eigenvalue weighted by molar-refractivity contribution is 6.30. The Labute approximate surface area is 230 Å². The summed E-state index contributed by atoms with van der Waals surface area (Å²) in [5, 5.41) is 9.89. The van der Waals surface area contributed by atoms with Crippen LogP contribution in [0.2, 0.25) is 5.02 Å². The number of halogens is 1. The topological polar surface area (TPSA) is 102 Å². The lowest BCUT2D eigenvalue weighted by Crippen LogP contribution is -2.48. The summed E-state index contributed by atoms with van der Waals surface area (Å²) in [5.74, 6) is 1.40. The minimum atomic E-state index is -1.43. The highest BCUT2D eigenvalue weighted by atomic mass is 35.5. The number of rotatable bonds is 7. The molecule has 4 aromatic rings. The van der Waals surface area contributed by atoms with Gasteiger partial charge in [-0.1, -0.05) is 41.9 Å². The van der Waals surface area contributed by atoms with E-state index in [1.54, 1.807) is 38.1 Å². The Morgan fingerprint density at radius 2 is 1.85 bits per heavy atom. The average molecular weight is 547 g/mol. The molecular weight excluding hydrogens is 520 g/mol. The summed E-state index contributed by atoms with van der Waals surface area (Å²) in [6.07, 6.45) is -2.07. The summed E-state index contributed by atoms with van der Waals surface area (Å²) in [5.41, 5.74) is 2.66. The molecule has 0 saturated heterocycles. The number of nitrogens with zero attached hydrogens (tertiary/aromatic N) is 2. The van der Waals surface area contributed by atoms with Gasteiger partial charge in [0.1, 0.15) is 23.8 Å². The number of aromatic nitrogens is 1. The summed E-state index contributed by atoms with van der Waals surface area (Å²) in [6, 6.07) is 21.8. The third kappa shape index (κ3) is 5.33. The van der Waals surface area contributed by atoms with Crippen LogP contribution >= 0.6 is 11.6 Å². The number of benzene rings is 3. The number of carboxylic acid groups (broad SMARTS) is 1. The van der Waals surface area contributed by atoms with E-state index in [0.29, 0.717) is 45.8 Å². The molecule has 1 atom stereocenters. The highest BCUT2D eigenvalue weighted by Crippen LogP contribution is 2.38. The lowest BCUT2D eigenvalue weighted by atomic mass is 9.83. The number of hydrogen-bond acceptors (Lipinski definition) is 6. The molecule has 1 amide bonds. The molecule has 8 nitrogen and oxygen atoms in total. The van der Waals surface area contributed by atoms with Gasteiger partial charge in [0.2, 0.25) is 11.8 Å².